The van der Waals surface area contributed by atoms with E-state index in [1.165, 1.54) is 11.1 Å². The Labute approximate surface area is 751 Å². The van der Waals surface area contributed by atoms with Crippen LogP contribution in [0.1, 0.15) is 207 Å². The molecule has 16 aromatic rings. The first-order valence-corrected chi connectivity index (χ1v) is 41.9. The molecule has 16 aromatic carbocycles. The van der Waals surface area contributed by atoms with E-state index in [4.69, 9.17) is 0 Å². The molecule has 0 aliphatic rings. The van der Waals surface area contributed by atoms with E-state index in [-0.39, 0.29) is 34.7 Å². The van der Waals surface area contributed by atoms with Crippen molar-refractivity contribution in [2.75, 3.05) is 0 Å². The molecule has 6 nitrogen and oxygen atoms in total. The molecule has 0 spiro atoms. The maximum atomic E-state index is 12.9. The molecule has 612 valence electrons. The van der Waals surface area contributed by atoms with E-state index < -0.39 is 0 Å². The van der Waals surface area contributed by atoms with Crippen molar-refractivity contribution < 1.29 is 28.8 Å². The van der Waals surface area contributed by atoms with E-state index in [0.717, 1.165) is 100 Å². The van der Waals surface area contributed by atoms with Gasteiger partial charge in [0.1, 0.15) is 0 Å². The van der Waals surface area contributed by atoms with Crippen LogP contribution in [0.15, 0.2) is 388 Å². The van der Waals surface area contributed by atoms with Gasteiger partial charge in [-0.2, -0.15) is 0 Å². The van der Waals surface area contributed by atoms with Crippen LogP contribution in [0.3, 0.4) is 0 Å². The molecule has 0 aliphatic carbocycles. The molecule has 0 amide bonds. The van der Waals surface area contributed by atoms with Gasteiger partial charge < -0.3 is 0 Å². The van der Waals surface area contributed by atoms with E-state index in [1.807, 2.05) is 430 Å². The average molecular weight is 1650 g/mol. The predicted octanol–water partition coefficient (Wildman–Crippen LogP) is 25.0. The first-order valence-electron chi connectivity index (χ1n) is 41.9. The van der Waals surface area contributed by atoms with Gasteiger partial charge in [-0.1, -0.05) is 340 Å². The van der Waals surface area contributed by atoms with Crippen LogP contribution in [0, 0.1) is 126 Å². The van der Waals surface area contributed by atoms with Crippen LogP contribution in [0.4, 0.5) is 0 Å². The number of carbonyl (C=O) groups excluding carboxylic acids is 6. The summed E-state index contributed by atoms with van der Waals surface area (Å²) < 4.78 is 0. The Morgan fingerprint density at radius 3 is 0.492 bits per heavy atom. The number of rotatable bonds is 12. The lowest BCUT2D eigenvalue weighted by Crippen LogP contribution is -2.01. The summed E-state index contributed by atoms with van der Waals surface area (Å²) >= 11 is 0. The van der Waals surface area contributed by atoms with Crippen LogP contribution in [0.25, 0.3) is 0 Å². The van der Waals surface area contributed by atoms with Crippen molar-refractivity contribution in [3.63, 3.8) is 0 Å². The molecular formula is C122H88O6. The summed E-state index contributed by atoms with van der Waals surface area (Å²) in [5.74, 6) is 38.1. The second-order valence-corrected chi connectivity index (χ2v) is 31.0. The Bertz CT molecular complexity index is 6890. The first kappa shape index (κ1) is 88.7. The molecule has 0 aromatic heterocycles. The number of benzene rings is 16. The van der Waals surface area contributed by atoms with Gasteiger partial charge in [0.2, 0.25) is 0 Å². The van der Waals surface area contributed by atoms with E-state index in [1.54, 1.807) is 0 Å². The van der Waals surface area contributed by atoms with Crippen molar-refractivity contribution in [2.45, 2.75) is 55.4 Å². The van der Waals surface area contributed by atoms with Crippen molar-refractivity contribution in [1.82, 2.24) is 0 Å². The monoisotopic (exact) mass is 1650 g/mol. The van der Waals surface area contributed by atoms with Gasteiger partial charge in [-0.3, -0.25) is 28.8 Å². The quantitative estimate of drug-likeness (QED) is 0.0892. The van der Waals surface area contributed by atoms with Gasteiger partial charge in [-0.15, -0.1) is 0 Å². The number of aryl methyl sites for hydroxylation is 8. The molecule has 16 rings (SSSR count). The molecule has 0 aliphatic heterocycles. The third kappa shape index (κ3) is 25.7. The van der Waals surface area contributed by atoms with Gasteiger partial charge in [-0.05, 0) is 219 Å². The van der Waals surface area contributed by atoms with Crippen LogP contribution in [-0.4, -0.2) is 34.7 Å². The highest BCUT2D eigenvalue weighted by molar-refractivity contribution is 6.12. The number of hydrogen-bond donors (Lipinski definition) is 0. The van der Waals surface area contributed by atoms with Crippen LogP contribution in [-0.2, 0) is 0 Å². The van der Waals surface area contributed by atoms with E-state index in [2.05, 4.69) is 84.9 Å². The number of hydrogen-bond acceptors (Lipinski definition) is 6. The summed E-state index contributed by atoms with van der Waals surface area (Å²) in [6.45, 7) is 16.1. The summed E-state index contributed by atoms with van der Waals surface area (Å²) in [5, 5.41) is 0. The smallest absolute Gasteiger partial charge is 0.193 e. The van der Waals surface area contributed by atoms with Crippen LogP contribution < -0.4 is 0 Å². The van der Waals surface area contributed by atoms with Crippen molar-refractivity contribution in [3.05, 3.63) is 566 Å². The zero-order valence-corrected chi connectivity index (χ0v) is 72.4. The molecule has 0 saturated carbocycles. The molecule has 0 fully saturated rings. The minimum absolute atomic E-state index is 0.00158. The molecule has 0 atom stereocenters. The predicted molar refractivity (Wildman–Crippen MR) is 517 cm³/mol. The fourth-order valence-corrected chi connectivity index (χ4v) is 13.1. The highest BCUT2D eigenvalue weighted by atomic mass is 16.1. The summed E-state index contributed by atoms with van der Waals surface area (Å²) in [5.41, 5.74) is 27.2. The zero-order valence-electron chi connectivity index (χ0n) is 72.4. The molecule has 0 N–H and O–H groups in total. The first-order chi connectivity index (χ1) is 62.1. The van der Waals surface area contributed by atoms with Crippen LogP contribution >= 0.6 is 0 Å². The highest BCUT2D eigenvalue weighted by Gasteiger charge is 2.16. The SMILES string of the molecule is Cc1ccc(C#Cc2ccc(C(=O)c3ccc(C)cc3)cc2)cc1.Cc1ccc(C#Cc2cccc(C(=O)c3ccc(C)cc3)c2)cc1.Cc1ccc(C(=O)c2ccc(C#Cc3cccc(C#Cc4ccc(C(=O)c5ccc(C)cc5)cc4)c3)cc2)cc1.Cc1ccc(C(=O)c2cccc(C#Cc3ccccc3C#Cc3cccc(C(=O)c4ccc(C)cc4)c3)c2)cc1. The molecular weight excluding hydrogens is 1560 g/mol. The Morgan fingerprint density at radius 2 is 0.281 bits per heavy atom. The van der Waals surface area contributed by atoms with Crippen LogP contribution in [0.2, 0.25) is 0 Å². The molecule has 128 heavy (non-hydrogen) atoms. The van der Waals surface area contributed by atoms with Gasteiger partial charge in [0, 0.05) is 134 Å². The maximum absolute atomic E-state index is 12.9. The van der Waals surface area contributed by atoms with Crippen LogP contribution in [0.5, 0.6) is 0 Å². The lowest BCUT2D eigenvalue weighted by molar-refractivity contribution is 0.103. The van der Waals surface area contributed by atoms with E-state index in [0.29, 0.717) is 66.8 Å². The summed E-state index contributed by atoms with van der Waals surface area (Å²) in [6, 6.07) is 122. The minimum atomic E-state index is -0.0296. The van der Waals surface area contributed by atoms with Gasteiger partial charge in [0.15, 0.2) is 34.7 Å². The Morgan fingerprint density at radius 1 is 0.133 bits per heavy atom. The minimum Gasteiger partial charge on any atom is -0.289 e. The maximum Gasteiger partial charge on any atom is 0.193 e. The number of ketones is 6. The second kappa shape index (κ2) is 43.6. The molecule has 0 heterocycles. The fraction of sp³-hybridized carbons (Fsp3) is 0.0656. The normalized spacial score (nSPS) is 10.0. The summed E-state index contributed by atoms with van der Waals surface area (Å²) in [7, 11) is 0. The molecule has 0 saturated heterocycles. The van der Waals surface area contributed by atoms with E-state index >= 15 is 0 Å². The molecule has 6 heteroatoms. The summed E-state index contributed by atoms with van der Waals surface area (Å²) in [6.07, 6.45) is 0. The van der Waals surface area contributed by atoms with Gasteiger partial charge in [-0.25, -0.2) is 0 Å². The lowest BCUT2D eigenvalue weighted by atomic mass is 10.00. The van der Waals surface area contributed by atoms with Gasteiger partial charge >= 0.3 is 0 Å². The van der Waals surface area contributed by atoms with Crippen molar-refractivity contribution in [2.24, 2.45) is 0 Å². The van der Waals surface area contributed by atoms with Crippen molar-refractivity contribution in [1.29, 1.82) is 0 Å². The van der Waals surface area contributed by atoms with Gasteiger partial charge in [0.05, 0.1) is 0 Å². The largest absolute Gasteiger partial charge is 0.289 e. The molecule has 0 unspecified atom stereocenters. The highest BCUT2D eigenvalue weighted by Crippen LogP contribution is 2.22. The zero-order chi connectivity index (χ0) is 89.7. The molecule has 0 bridgehead atoms. The standard InChI is InChI=1S/2C38H26O2.2C23H18O/c1-27-13-19-33(20-14-27)37(39)35-11-5-7-29(25-35)17-23-31-9-3-4-10-32(31)24-18-30-8-6-12-36(26-30)38(40)34-21-15-28(2)16-22-34;1-27-6-18-33(19-7-27)37(39)35-22-14-29(15-23-35)10-12-31-4-3-5-32(26-31)13-11-30-16-24-36(25-17-30)38(40)34-20-8-28(2)9-21-34;1-17-3-7-19(8-4-17)9-10-20-11-15-22(16-12-20)23(24)21-13-5-18(2)6-14-21;1-17-6-10-19(11-7-17)12-13-20-4-3-5-22(16-20)23(24)21-14-8-18(2)9-15-21/h3-16,19-22,25-26H,1-2H3;3-9,14-26H,1-2H3;3-8,11-16H,1-2H3;3-11,14-16H,1-2H3. The van der Waals surface area contributed by atoms with Crippen molar-refractivity contribution in [3.8, 4) is 71.0 Å². The Kier molecular flexibility index (Phi) is 30.2. The van der Waals surface area contributed by atoms with Crippen molar-refractivity contribution >= 4 is 34.7 Å². The second-order valence-electron chi connectivity index (χ2n) is 31.0. The summed E-state index contributed by atoms with van der Waals surface area (Å²) in [4.78, 5) is 76.3. The average Bonchev–Trinajstić information content (AvgIpc) is 0.844. The van der Waals surface area contributed by atoms with Gasteiger partial charge in [0.25, 0.3) is 0 Å². The molecule has 0 radical (unpaired) electrons. The van der Waals surface area contributed by atoms with E-state index in [9.17, 15) is 28.8 Å². The third-order valence-electron chi connectivity index (χ3n) is 20.7. The number of carbonyl (C=O) groups is 6. The topological polar surface area (TPSA) is 102 Å². The third-order valence-corrected chi connectivity index (χ3v) is 20.7. The lowest BCUT2D eigenvalue weighted by Gasteiger charge is -2.03. The fourth-order valence-electron chi connectivity index (χ4n) is 13.1. The Hall–Kier alpha value is -17.1. The Balaban J connectivity index is 0.000000150.